The van der Waals surface area contributed by atoms with Crippen molar-refractivity contribution in [3.8, 4) is 0 Å². The van der Waals surface area contributed by atoms with Gasteiger partial charge in [-0.3, -0.25) is 4.98 Å². The lowest BCUT2D eigenvalue weighted by atomic mass is 10.3. The summed E-state index contributed by atoms with van der Waals surface area (Å²) in [5, 5.41) is 3.35. The van der Waals surface area contributed by atoms with Gasteiger partial charge in [-0.25, -0.2) is 0 Å². The maximum atomic E-state index is 5.86. The van der Waals surface area contributed by atoms with E-state index in [1.165, 1.54) is 4.88 Å². The lowest BCUT2D eigenvalue weighted by molar-refractivity contribution is 1.04. The second kappa shape index (κ2) is 5.66. The molecule has 2 rings (SSSR count). The normalized spacial score (nSPS) is 10.4. The Kier molecular flexibility index (Phi) is 4.21. The quantitative estimate of drug-likeness (QED) is 0.913. The summed E-state index contributed by atoms with van der Waals surface area (Å²) in [7, 11) is 0. The van der Waals surface area contributed by atoms with Crippen molar-refractivity contribution in [2.75, 3.05) is 11.9 Å². The van der Waals surface area contributed by atoms with E-state index < -0.39 is 0 Å². The molecule has 0 bridgehead atoms. The topological polar surface area (TPSA) is 24.9 Å². The van der Waals surface area contributed by atoms with Crippen molar-refractivity contribution in [1.29, 1.82) is 0 Å². The van der Waals surface area contributed by atoms with Gasteiger partial charge < -0.3 is 5.32 Å². The summed E-state index contributed by atoms with van der Waals surface area (Å²) in [6.45, 7) is 0.888. The SMILES string of the molecule is Clc1ccc(CCNc2ccncc2Br)s1. The monoisotopic (exact) mass is 316 g/mol. The van der Waals surface area contributed by atoms with Crippen molar-refractivity contribution in [2.45, 2.75) is 6.42 Å². The van der Waals surface area contributed by atoms with E-state index in [1.807, 2.05) is 12.1 Å². The molecule has 2 nitrogen and oxygen atoms in total. The molecular weight excluding hydrogens is 308 g/mol. The molecule has 5 heteroatoms. The third kappa shape index (κ3) is 3.20. The van der Waals surface area contributed by atoms with Gasteiger partial charge in [0.15, 0.2) is 0 Å². The van der Waals surface area contributed by atoms with E-state index in [9.17, 15) is 0 Å². The molecule has 0 saturated heterocycles. The molecule has 2 aromatic heterocycles. The summed E-state index contributed by atoms with van der Waals surface area (Å²) in [4.78, 5) is 5.31. The summed E-state index contributed by atoms with van der Waals surface area (Å²) >= 11 is 10.9. The molecule has 0 unspecified atom stereocenters. The summed E-state index contributed by atoms with van der Waals surface area (Å²) in [5.74, 6) is 0. The van der Waals surface area contributed by atoms with Gasteiger partial charge in [-0.15, -0.1) is 11.3 Å². The summed E-state index contributed by atoms with van der Waals surface area (Å²) in [5.41, 5.74) is 1.07. The third-order valence-corrected chi connectivity index (χ3v) is 4.01. The van der Waals surface area contributed by atoms with Crippen LogP contribution in [0.1, 0.15) is 4.88 Å². The van der Waals surface area contributed by atoms with Crippen LogP contribution in [0.4, 0.5) is 5.69 Å². The Morgan fingerprint density at radius 1 is 1.38 bits per heavy atom. The predicted molar refractivity (Wildman–Crippen MR) is 73.5 cm³/mol. The highest BCUT2D eigenvalue weighted by molar-refractivity contribution is 9.10. The molecule has 2 heterocycles. The molecule has 84 valence electrons. The molecule has 0 fully saturated rings. The highest BCUT2D eigenvalue weighted by atomic mass is 79.9. The van der Waals surface area contributed by atoms with Crippen molar-refractivity contribution in [1.82, 2.24) is 4.98 Å². The molecule has 0 aliphatic carbocycles. The highest BCUT2D eigenvalue weighted by Gasteiger charge is 2.00. The first-order valence-electron chi connectivity index (χ1n) is 4.83. The Labute approximate surface area is 112 Å². The van der Waals surface area contributed by atoms with Crippen LogP contribution in [0.15, 0.2) is 35.1 Å². The van der Waals surface area contributed by atoms with Crippen LogP contribution in [0.3, 0.4) is 0 Å². The molecule has 0 radical (unpaired) electrons. The number of rotatable bonds is 4. The Morgan fingerprint density at radius 2 is 2.25 bits per heavy atom. The summed E-state index contributed by atoms with van der Waals surface area (Å²) < 4.78 is 1.83. The maximum Gasteiger partial charge on any atom is 0.0931 e. The average Bonchev–Trinajstić information content (AvgIpc) is 2.67. The molecule has 0 aliphatic rings. The summed E-state index contributed by atoms with van der Waals surface area (Å²) in [6.07, 6.45) is 4.53. The molecule has 2 aromatic rings. The van der Waals surface area contributed by atoms with Crippen LogP contribution in [-0.2, 0) is 6.42 Å². The van der Waals surface area contributed by atoms with E-state index >= 15 is 0 Å². The van der Waals surface area contributed by atoms with Crippen LogP contribution in [0.25, 0.3) is 0 Å². The lowest BCUT2D eigenvalue weighted by Gasteiger charge is -2.06. The molecule has 16 heavy (non-hydrogen) atoms. The number of aromatic nitrogens is 1. The van der Waals surface area contributed by atoms with Crippen LogP contribution in [0, 0.1) is 0 Å². The van der Waals surface area contributed by atoms with E-state index in [0.29, 0.717) is 0 Å². The van der Waals surface area contributed by atoms with Gasteiger partial charge in [0.2, 0.25) is 0 Å². The van der Waals surface area contributed by atoms with Crippen molar-refractivity contribution in [3.63, 3.8) is 0 Å². The highest BCUT2D eigenvalue weighted by Crippen LogP contribution is 2.23. The average molecular weight is 318 g/mol. The third-order valence-electron chi connectivity index (χ3n) is 2.09. The Hall–Kier alpha value is -0.580. The fourth-order valence-electron chi connectivity index (χ4n) is 1.33. The number of thiophene rings is 1. The predicted octanol–water partition coefficient (Wildman–Crippen LogP) is 4.21. The second-order valence-electron chi connectivity index (χ2n) is 3.24. The second-order valence-corrected chi connectivity index (χ2v) is 5.89. The van der Waals surface area contributed by atoms with E-state index in [2.05, 4.69) is 32.3 Å². The van der Waals surface area contributed by atoms with Crippen LogP contribution in [0.2, 0.25) is 4.34 Å². The van der Waals surface area contributed by atoms with Crippen molar-refractivity contribution >= 4 is 44.6 Å². The van der Waals surface area contributed by atoms with Gasteiger partial charge in [0.05, 0.1) is 14.5 Å². The molecular formula is C11H10BrClN2S. The van der Waals surface area contributed by atoms with Gasteiger partial charge in [-0.1, -0.05) is 11.6 Å². The number of nitrogens with zero attached hydrogens (tertiary/aromatic N) is 1. The standard InChI is InChI=1S/C11H10BrClN2S/c12-9-7-14-5-4-10(9)15-6-3-8-1-2-11(13)16-8/h1-2,4-5,7H,3,6H2,(H,14,15). The fraction of sp³-hybridized carbons (Fsp3) is 0.182. The summed E-state index contributed by atoms with van der Waals surface area (Å²) in [6, 6.07) is 5.95. The number of anilines is 1. The zero-order chi connectivity index (χ0) is 11.4. The number of hydrogen-bond acceptors (Lipinski definition) is 3. The number of pyridine rings is 1. The Morgan fingerprint density at radius 3 is 2.94 bits per heavy atom. The Balaban J connectivity index is 1.87. The van der Waals surface area contributed by atoms with Crippen LogP contribution >= 0.6 is 38.9 Å². The van der Waals surface area contributed by atoms with E-state index in [4.69, 9.17) is 11.6 Å². The zero-order valence-corrected chi connectivity index (χ0v) is 11.6. The minimum atomic E-state index is 0.847. The van der Waals surface area contributed by atoms with Gasteiger partial charge in [0.1, 0.15) is 0 Å². The zero-order valence-electron chi connectivity index (χ0n) is 8.41. The maximum absolute atomic E-state index is 5.86. The van der Waals surface area contributed by atoms with Crippen LogP contribution in [-0.4, -0.2) is 11.5 Å². The Bertz CT molecular complexity index is 473. The van der Waals surface area contributed by atoms with Gasteiger partial charge in [0, 0.05) is 23.8 Å². The van der Waals surface area contributed by atoms with Crippen molar-refractivity contribution < 1.29 is 0 Å². The smallest absolute Gasteiger partial charge is 0.0931 e. The molecule has 0 spiro atoms. The van der Waals surface area contributed by atoms with E-state index in [1.54, 1.807) is 23.7 Å². The first-order chi connectivity index (χ1) is 7.75. The molecule has 1 N–H and O–H groups in total. The van der Waals surface area contributed by atoms with E-state index in [0.717, 1.165) is 27.5 Å². The number of halogens is 2. The largest absolute Gasteiger partial charge is 0.384 e. The first-order valence-corrected chi connectivity index (χ1v) is 6.82. The van der Waals surface area contributed by atoms with Crippen LogP contribution in [0.5, 0.6) is 0 Å². The minimum Gasteiger partial charge on any atom is -0.384 e. The lowest BCUT2D eigenvalue weighted by Crippen LogP contribution is -2.04. The van der Waals surface area contributed by atoms with E-state index in [-0.39, 0.29) is 0 Å². The van der Waals surface area contributed by atoms with Crippen molar-refractivity contribution in [3.05, 3.63) is 44.3 Å². The van der Waals surface area contributed by atoms with Crippen LogP contribution < -0.4 is 5.32 Å². The van der Waals surface area contributed by atoms with Gasteiger partial charge in [-0.05, 0) is 40.5 Å². The first kappa shape index (κ1) is 11.9. The van der Waals surface area contributed by atoms with Gasteiger partial charge in [0.25, 0.3) is 0 Å². The van der Waals surface area contributed by atoms with Crippen molar-refractivity contribution in [2.24, 2.45) is 0 Å². The molecule has 0 aromatic carbocycles. The number of hydrogen-bond donors (Lipinski definition) is 1. The van der Waals surface area contributed by atoms with Gasteiger partial charge >= 0.3 is 0 Å². The number of nitrogens with one attached hydrogen (secondary N) is 1. The fourth-order valence-corrected chi connectivity index (χ4v) is 2.80. The minimum absolute atomic E-state index is 0.847. The molecule has 0 aliphatic heterocycles. The molecule has 0 saturated carbocycles. The molecule has 0 atom stereocenters. The molecule has 0 amide bonds. The van der Waals surface area contributed by atoms with Gasteiger partial charge in [-0.2, -0.15) is 0 Å².